The van der Waals surface area contributed by atoms with Gasteiger partial charge in [-0.15, -0.1) is 0 Å². The normalized spacial score (nSPS) is 10.8. The largest absolute Gasteiger partial charge is 0.461 e. The zero-order valence-electron chi connectivity index (χ0n) is 12.8. The first-order valence-electron chi connectivity index (χ1n) is 7.21. The van der Waals surface area contributed by atoms with E-state index in [1.807, 2.05) is 6.07 Å². The smallest absolute Gasteiger partial charge is 0.307 e. The molecule has 0 aromatic heterocycles. The number of sulfonamides is 1. The summed E-state index contributed by atoms with van der Waals surface area (Å²) in [5, 5.41) is 8.96. The lowest BCUT2D eigenvalue weighted by Gasteiger charge is -2.08. The van der Waals surface area contributed by atoms with Crippen LogP contribution in [0.3, 0.4) is 0 Å². The number of rotatable bonds is 7. The van der Waals surface area contributed by atoms with Gasteiger partial charge in [-0.25, -0.2) is 13.1 Å². The fourth-order valence-electron chi connectivity index (χ4n) is 1.96. The molecule has 0 aliphatic rings. The van der Waals surface area contributed by atoms with Crippen LogP contribution in [-0.4, -0.2) is 20.9 Å². The van der Waals surface area contributed by atoms with E-state index in [2.05, 4.69) is 4.72 Å². The van der Waals surface area contributed by atoms with E-state index in [0.717, 1.165) is 0 Å². The van der Waals surface area contributed by atoms with Gasteiger partial charge in [-0.1, -0.05) is 36.4 Å². The molecule has 2 aromatic rings. The maximum atomic E-state index is 12.0. The van der Waals surface area contributed by atoms with Crippen molar-refractivity contribution in [2.24, 2.45) is 0 Å². The number of nitriles is 1. The van der Waals surface area contributed by atoms with Crippen molar-refractivity contribution >= 4 is 16.0 Å². The van der Waals surface area contributed by atoms with Gasteiger partial charge >= 0.3 is 5.97 Å². The molecule has 2 rings (SSSR count). The molecule has 0 saturated heterocycles. The van der Waals surface area contributed by atoms with Gasteiger partial charge in [-0.3, -0.25) is 4.79 Å². The average Bonchev–Trinajstić information content (AvgIpc) is 2.61. The van der Waals surface area contributed by atoms with Crippen LogP contribution < -0.4 is 4.72 Å². The second kappa shape index (κ2) is 8.24. The van der Waals surface area contributed by atoms with Crippen LogP contribution in [0.2, 0.25) is 0 Å². The van der Waals surface area contributed by atoms with Gasteiger partial charge in [0.1, 0.15) is 6.61 Å². The second-order valence-corrected chi connectivity index (χ2v) is 6.66. The van der Waals surface area contributed by atoms with E-state index >= 15 is 0 Å². The highest BCUT2D eigenvalue weighted by Gasteiger charge is 2.14. The highest BCUT2D eigenvalue weighted by Crippen LogP contribution is 2.09. The van der Waals surface area contributed by atoms with Crippen LogP contribution in [0.1, 0.15) is 17.5 Å². The quantitative estimate of drug-likeness (QED) is 0.775. The fourth-order valence-corrected chi connectivity index (χ4v) is 3.01. The highest BCUT2D eigenvalue weighted by molar-refractivity contribution is 7.89. The molecule has 0 radical (unpaired) electrons. The number of nitrogens with one attached hydrogen (secondary N) is 1. The van der Waals surface area contributed by atoms with Gasteiger partial charge < -0.3 is 4.74 Å². The molecule has 0 bridgehead atoms. The molecule has 0 fully saturated rings. The van der Waals surface area contributed by atoms with Gasteiger partial charge in [0.05, 0.1) is 22.9 Å². The van der Waals surface area contributed by atoms with Gasteiger partial charge in [0.2, 0.25) is 10.0 Å². The topological polar surface area (TPSA) is 96.3 Å². The van der Waals surface area contributed by atoms with Crippen molar-refractivity contribution < 1.29 is 17.9 Å². The molecule has 2 aromatic carbocycles. The Balaban J connectivity index is 1.81. The lowest BCUT2D eigenvalue weighted by atomic mass is 10.1. The summed E-state index contributed by atoms with van der Waals surface area (Å²) in [6, 6.07) is 16.7. The van der Waals surface area contributed by atoms with E-state index in [9.17, 15) is 13.2 Å². The number of hydrogen-bond donors (Lipinski definition) is 1. The van der Waals surface area contributed by atoms with E-state index in [1.54, 1.807) is 42.5 Å². The monoisotopic (exact) mass is 344 g/mol. The van der Waals surface area contributed by atoms with Crippen molar-refractivity contribution in [2.45, 2.75) is 17.9 Å². The van der Waals surface area contributed by atoms with Crippen molar-refractivity contribution in [2.75, 3.05) is 6.54 Å². The zero-order valence-corrected chi connectivity index (χ0v) is 13.6. The molecule has 24 heavy (non-hydrogen) atoms. The molecule has 6 nitrogen and oxygen atoms in total. The Labute approximate surface area is 140 Å². The molecular formula is C17H16N2O4S. The first-order chi connectivity index (χ1) is 11.5. The van der Waals surface area contributed by atoms with Gasteiger partial charge in [0.15, 0.2) is 0 Å². The predicted octanol–water partition coefficient (Wildman–Crippen LogP) is 1.97. The Bertz CT molecular complexity index is 842. The Morgan fingerprint density at radius 2 is 1.75 bits per heavy atom. The minimum Gasteiger partial charge on any atom is -0.461 e. The van der Waals surface area contributed by atoms with Crippen molar-refractivity contribution in [3.8, 4) is 6.07 Å². The molecule has 124 valence electrons. The van der Waals surface area contributed by atoms with Crippen LogP contribution >= 0.6 is 0 Å². The second-order valence-electron chi connectivity index (χ2n) is 4.89. The molecule has 0 unspecified atom stereocenters. The molecule has 7 heteroatoms. The van der Waals surface area contributed by atoms with Crippen LogP contribution in [0.25, 0.3) is 0 Å². The standard InChI is InChI=1S/C17H16N2O4S/c18-12-14-6-4-5-7-15(14)13-23-17(20)10-11-19-24(21,22)16-8-2-1-3-9-16/h1-9,19H,10-11,13H2. The van der Waals surface area contributed by atoms with Gasteiger partial charge in [0, 0.05) is 12.1 Å². The van der Waals surface area contributed by atoms with E-state index in [4.69, 9.17) is 10.00 Å². The van der Waals surface area contributed by atoms with E-state index in [1.165, 1.54) is 12.1 Å². The van der Waals surface area contributed by atoms with Gasteiger partial charge in [0.25, 0.3) is 0 Å². The molecule has 0 spiro atoms. The highest BCUT2D eigenvalue weighted by atomic mass is 32.2. The molecule has 0 atom stereocenters. The summed E-state index contributed by atoms with van der Waals surface area (Å²) in [4.78, 5) is 11.8. The fraction of sp³-hybridized carbons (Fsp3) is 0.176. The minimum atomic E-state index is -3.63. The summed E-state index contributed by atoms with van der Waals surface area (Å²) >= 11 is 0. The number of esters is 1. The maximum absolute atomic E-state index is 12.0. The molecule has 0 heterocycles. The number of carbonyl (C=O) groups is 1. The number of hydrogen-bond acceptors (Lipinski definition) is 5. The lowest BCUT2D eigenvalue weighted by molar-refractivity contribution is -0.144. The average molecular weight is 344 g/mol. The molecule has 0 aliphatic heterocycles. The summed E-state index contributed by atoms with van der Waals surface area (Å²) in [5.41, 5.74) is 1.05. The van der Waals surface area contributed by atoms with E-state index in [-0.39, 0.29) is 24.5 Å². The SMILES string of the molecule is N#Cc1ccccc1COC(=O)CCNS(=O)(=O)c1ccccc1. The number of carbonyl (C=O) groups excluding carboxylic acids is 1. The van der Waals surface area contributed by atoms with Crippen LogP contribution in [0.5, 0.6) is 0 Å². The summed E-state index contributed by atoms with van der Waals surface area (Å²) < 4.78 is 31.4. The molecule has 0 saturated carbocycles. The van der Waals surface area contributed by atoms with Crippen molar-refractivity contribution in [1.29, 1.82) is 5.26 Å². The van der Waals surface area contributed by atoms with Crippen molar-refractivity contribution in [3.05, 3.63) is 65.7 Å². The van der Waals surface area contributed by atoms with Gasteiger partial charge in [-0.2, -0.15) is 5.26 Å². The number of benzene rings is 2. The van der Waals surface area contributed by atoms with E-state index in [0.29, 0.717) is 11.1 Å². The first-order valence-corrected chi connectivity index (χ1v) is 8.69. The summed E-state index contributed by atoms with van der Waals surface area (Å²) in [7, 11) is -3.63. The van der Waals surface area contributed by atoms with Crippen LogP contribution in [0.4, 0.5) is 0 Å². The third-order valence-electron chi connectivity index (χ3n) is 3.20. The van der Waals surface area contributed by atoms with Crippen LogP contribution in [0.15, 0.2) is 59.5 Å². The van der Waals surface area contributed by atoms with Gasteiger partial charge in [-0.05, 0) is 18.2 Å². The summed E-state index contributed by atoms with van der Waals surface area (Å²) in [5.74, 6) is -0.543. The number of nitrogens with zero attached hydrogens (tertiary/aromatic N) is 1. The first kappa shape index (κ1) is 17.7. The molecule has 1 N–H and O–H groups in total. The molecule has 0 amide bonds. The third-order valence-corrected chi connectivity index (χ3v) is 4.68. The van der Waals surface area contributed by atoms with Crippen molar-refractivity contribution in [1.82, 2.24) is 4.72 Å². The lowest BCUT2D eigenvalue weighted by Crippen LogP contribution is -2.26. The Hall–Kier alpha value is -2.69. The third kappa shape index (κ3) is 4.91. The summed E-state index contributed by atoms with van der Waals surface area (Å²) in [6.45, 7) is -0.0794. The summed E-state index contributed by atoms with van der Waals surface area (Å²) in [6.07, 6.45) is -0.0964. The minimum absolute atomic E-state index is 0.0198. The van der Waals surface area contributed by atoms with Crippen molar-refractivity contribution in [3.63, 3.8) is 0 Å². The van der Waals surface area contributed by atoms with E-state index < -0.39 is 16.0 Å². The van der Waals surface area contributed by atoms with Crippen LogP contribution in [-0.2, 0) is 26.2 Å². The Morgan fingerprint density at radius 3 is 2.46 bits per heavy atom. The Morgan fingerprint density at radius 1 is 1.08 bits per heavy atom. The van der Waals surface area contributed by atoms with Crippen LogP contribution in [0, 0.1) is 11.3 Å². The number of ether oxygens (including phenoxy) is 1. The predicted molar refractivity (Wildman–Crippen MR) is 87.2 cm³/mol. The Kier molecular flexibility index (Phi) is 6.07. The maximum Gasteiger partial charge on any atom is 0.307 e. The molecular weight excluding hydrogens is 328 g/mol. The zero-order chi connectivity index (χ0) is 17.4. The molecule has 0 aliphatic carbocycles.